The Morgan fingerprint density at radius 3 is 2.86 bits per heavy atom. The molecule has 1 aliphatic heterocycles. The highest BCUT2D eigenvalue weighted by atomic mass is 31.1. The molecule has 0 aromatic carbocycles. The van der Waals surface area contributed by atoms with Crippen LogP contribution in [0.5, 0.6) is 0 Å². The van der Waals surface area contributed by atoms with Gasteiger partial charge in [-0.05, 0) is 31.1 Å². The first kappa shape index (κ1) is 5.56. The van der Waals surface area contributed by atoms with E-state index < -0.39 is 0 Å². The van der Waals surface area contributed by atoms with Crippen molar-refractivity contribution in [3.05, 3.63) is 0 Å². The minimum atomic E-state index is 1.12. The Kier molecular flexibility index (Phi) is 2.12. The minimum absolute atomic E-state index is 1.12. The maximum atomic E-state index is 2.31. The predicted octanol–water partition coefficient (Wildman–Crippen LogP) is 2.24. The molecule has 0 aromatic heterocycles. The standard InChI is InChI=1S/C6H13P/c1-2-6-4-3-5-7-6/h6-7H,2-5H2,1H3. The summed E-state index contributed by atoms with van der Waals surface area (Å²) in [6.45, 7) is 2.31. The van der Waals surface area contributed by atoms with Gasteiger partial charge in [0.1, 0.15) is 0 Å². The zero-order chi connectivity index (χ0) is 5.11. The molecule has 1 rings (SSSR count). The highest BCUT2D eigenvalue weighted by molar-refractivity contribution is 7.39. The first-order chi connectivity index (χ1) is 3.43. The van der Waals surface area contributed by atoms with Gasteiger partial charge in [-0.3, -0.25) is 0 Å². The molecule has 1 fully saturated rings. The van der Waals surface area contributed by atoms with Crippen LogP contribution in [0.2, 0.25) is 0 Å². The fraction of sp³-hybridized carbons (Fsp3) is 1.00. The van der Waals surface area contributed by atoms with Crippen LogP contribution in [-0.2, 0) is 0 Å². The Balaban J connectivity index is 2.14. The number of hydrogen-bond acceptors (Lipinski definition) is 0. The summed E-state index contributed by atoms with van der Waals surface area (Å²) < 4.78 is 0. The molecule has 1 heteroatoms. The first-order valence-electron chi connectivity index (χ1n) is 3.17. The molecule has 0 bridgehead atoms. The molecule has 1 saturated heterocycles. The van der Waals surface area contributed by atoms with Gasteiger partial charge in [0.25, 0.3) is 0 Å². The number of hydrogen-bond donors (Lipinski definition) is 0. The van der Waals surface area contributed by atoms with Crippen LogP contribution in [0.15, 0.2) is 0 Å². The Bertz CT molecular complexity index is 46.1. The van der Waals surface area contributed by atoms with Gasteiger partial charge in [0, 0.05) is 0 Å². The van der Waals surface area contributed by atoms with Crippen LogP contribution in [0, 0.1) is 0 Å². The third-order valence-corrected chi connectivity index (χ3v) is 3.57. The van der Waals surface area contributed by atoms with Crippen LogP contribution in [0.25, 0.3) is 0 Å². The van der Waals surface area contributed by atoms with Crippen LogP contribution < -0.4 is 0 Å². The zero-order valence-electron chi connectivity index (χ0n) is 4.91. The smallest absolute Gasteiger partial charge is 0.0239 e. The molecule has 0 saturated carbocycles. The third-order valence-electron chi connectivity index (χ3n) is 1.66. The van der Waals surface area contributed by atoms with Crippen molar-refractivity contribution in [3.8, 4) is 0 Å². The third kappa shape index (κ3) is 1.42. The molecular formula is C6H13P. The van der Waals surface area contributed by atoms with Gasteiger partial charge in [-0.1, -0.05) is 6.92 Å². The molecule has 0 spiro atoms. The maximum absolute atomic E-state index is 2.31. The van der Waals surface area contributed by atoms with Crippen LogP contribution in [0.4, 0.5) is 0 Å². The fourth-order valence-corrected chi connectivity index (χ4v) is 2.62. The molecule has 0 amide bonds. The molecule has 0 nitrogen and oxygen atoms in total. The fourth-order valence-electron chi connectivity index (χ4n) is 1.11. The summed E-state index contributed by atoms with van der Waals surface area (Å²) in [5.74, 6) is 0. The molecule has 42 valence electrons. The van der Waals surface area contributed by atoms with Crippen molar-refractivity contribution in [2.75, 3.05) is 6.16 Å². The van der Waals surface area contributed by atoms with Crippen molar-refractivity contribution >= 4 is 8.58 Å². The largest absolute Gasteiger partial charge is 0.119 e. The SMILES string of the molecule is CCC1CCCP1. The van der Waals surface area contributed by atoms with E-state index >= 15 is 0 Å². The van der Waals surface area contributed by atoms with Crippen LogP contribution in [0.3, 0.4) is 0 Å². The summed E-state index contributed by atoms with van der Waals surface area (Å²) in [6, 6.07) is 0. The minimum Gasteiger partial charge on any atom is -0.119 e. The average molecular weight is 116 g/mol. The topological polar surface area (TPSA) is 0 Å². The summed E-state index contributed by atoms with van der Waals surface area (Å²) in [6.07, 6.45) is 5.99. The van der Waals surface area contributed by atoms with Crippen molar-refractivity contribution in [1.82, 2.24) is 0 Å². The van der Waals surface area contributed by atoms with Crippen molar-refractivity contribution in [1.29, 1.82) is 0 Å². The van der Waals surface area contributed by atoms with Crippen LogP contribution in [-0.4, -0.2) is 11.8 Å². The van der Waals surface area contributed by atoms with Gasteiger partial charge in [-0.15, -0.1) is 8.58 Å². The Labute approximate surface area is 47.5 Å². The lowest BCUT2D eigenvalue weighted by molar-refractivity contribution is 0.758. The Morgan fingerprint density at radius 2 is 2.57 bits per heavy atom. The van der Waals surface area contributed by atoms with Gasteiger partial charge >= 0.3 is 0 Å². The molecule has 1 aliphatic rings. The maximum Gasteiger partial charge on any atom is -0.0239 e. The second kappa shape index (κ2) is 2.67. The molecule has 0 radical (unpaired) electrons. The average Bonchev–Trinajstić information content (AvgIpc) is 2.14. The summed E-state index contributed by atoms with van der Waals surface area (Å²) in [5, 5.41) is 0. The lowest BCUT2D eigenvalue weighted by Gasteiger charge is -1.99. The van der Waals surface area contributed by atoms with Crippen molar-refractivity contribution < 1.29 is 0 Å². The quantitative estimate of drug-likeness (QED) is 0.461. The highest BCUT2D eigenvalue weighted by Gasteiger charge is 2.10. The molecule has 0 aromatic rings. The molecule has 0 N–H and O–H groups in total. The zero-order valence-corrected chi connectivity index (χ0v) is 5.91. The van der Waals surface area contributed by atoms with Crippen LogP contribution in [0.1, 0.15) is 26.2 Å². The molecule has 2 unspecified atom stereocenters. The van der Waals surface area contributed by atoms with Crippen LogP contribution >= 0.6 is 8.58 Å². The highest BCUT2D eigenvalue weighted by Crippen LogP contribution is 2.33. The summed E-state index contributed by atoms with van der Waals surface area (Å²) in [5.41, 5.74) is 1.12. The predicted molar refractivity (Wildman–Crippen MR) is 36.5 cm³/mol. The summed E-state index contributed by atoms with van der Waals surface area (Å²) in [7, 11) is 1.30. The molecule has 0 aliphatic carbocycles. The van der Waals surface area contributed by atoms with E-state index in [1.165, 1.54) is 34.0 Å². The van der Waals surface area contributed by atoms with Gasteiger partial charge < -0.3 is 0 Å². The van der Waals surface area contributed by atoms with Gasteiger partial charge in [-0.25, -0.2) is 0 Å². The molecule has 1 heterocycles. The first-order valence-corrected chi connectivity index (χ1v) is 4.45. The van der Waals surface area contributed by atoms with Crippen molar-refractivity contribution in [2.45, 2.75) is 31.8 Å². The summed E-state index contributed by atoms with van der Waals surface area (Å²) in [4.78, 5) is 0. The monoisotopic (exact) mass is 116 g/mol. The number of rotatable bonds is 1. The van der Waals surface area contributed by atoms with E-state index in [1.807, 2.05) is 0 Å². The molecule has 2 atom stereocenters. The Morgan fingerprint density at radius 1 is 1.71 bits per heavy atom. The van der Waals surface area contributed by atoms with E-state index in [9.17, 15) is 0 Å². The normalized spacial score (nSPS) is 34.7. The Hall–Kier alpha value is 0.430. The lowest BCUT2D eigenvalue weighted by atomic mass is 10.2. The van der Waals surface area contributed by atoms with E-state index in [1.54, 1.807) is 0 Å². The van der Waals surface area contributed by atoms with E-state index in [0.717, 1.165) is 5.66 Å². The second-order valence-corrected chi connectivity index (χ2v) is 3.93. The van der Waals surface area contributed by atoms with Crippen molar-refractivity contribution in [3.63, 3.8) is 0 Å². The van der Waals surface area contributed by atoms with Gasteiger partial charge in [0.05, 0.1) is 0 Å². The van der Waals surface area contributed by atoms with Gasteiger partial charge in [-0.2, -0.15) is 0 Å². The molecule has 7 heavy (non-hydrogen) atoms. The lowest BCUT2D eigenvalue weighted by Crippen LogP contribution is -1.88. The van der Waals surface area contributed by atoms with E-state index in [0.29, 0.717) is 0 Å². The summed E-state index contributed by atoms with van der Waals surface area (Å²) >= 11 is 0. The van der Waals surface area contributed by atoms with Gasteiger partial charge in [0.2, 0.25) is 0 Å². The van der Waals surface area contributed by atoms with Gasteiger partial charge in [0.15, 0.2) is 0 Å². The van der Waals surface area contributed by atoms with E-state index in [4.69, 9.17) is 0 Å². The van der Waals surface area contributed by atoms with E-state index in [-0.39, 0.29) is 0 Å². The van der Waals surface area contributed by atoms with E-state index in [2.05, 4.69) is 6.92 Å². The molecular weight excluding hydrogens is 103 g/mol. The second-order valence-electron chi connectivity index (χ2n) is 2.20. The van der Waals surface area contributed by atoms with Crippen molar-refractivity contribution in [2.24, 2.45) is 0 Å².